The fourth-order valence-electron chi connectivity index (χ4n) is 2.11. The smallest absolute Gasteiger partial charge is 0.416 e. The van der Waals surface area contributed by atoms with Crippen LogP contribution in [-0.2, 0) is 6.18 Å². The van der Waals surface area contributed by atoms with Gasteiger partial charge in [0.2, 0.25) is 0 Å². The maximum atomic E-state index is 12.8. The van der Waals surface area contributed by atoms with E-state index in [1.807, 2.05) is 0 Å². The third kappa shape index (κ3) is 4.51. The molecular formula is C17H16ClF3N2O3. The maximum absolute atomic E-state index is 12.8. The number of nitrogens with one attached hydrogen (secondary N) is 1. The van der Waals surface area contributed by atoms with E-state index in [1.54, 1.807) is 12.1 Å². The minimum atomic E-state index is -4.48. The van der Waals surface area contributed by atoms with Crippen LogP contribution in [0.25, 0.3) is 0 Å². The van der Waals surface area contributed by atoms with Gasteiger partial charge in [0, 0.05) is 12.1 Å². The van der Waals surface area contributed by atoms with Crippen molar-refractivity contribution in [2.24, 2.45) is 5.10 Å². The number of hydrogen-bond acceptors (Lipinski definition) is 5. The molecule has 0 unspecified atom stereocenters. The Bertz CT molecular complexity index is 785. The SMILES string of the molecule is COc1cc(OC)c(/C=N/Nc2cc(C(F)(F)F)ccc2Cl)c(OC)c1. The number of nitrogens with zero attached hydrogens (tertiary/aromatic N) is 1. The Morgan fingerprint density at radius 2 is 1.62 bits per heavy atom. The van der Waals surface area contributed by atoms with Gasteiger partial charge in [0.05, 0.1) is 49.4 Å². The molecule has 0 fully saturated rings. The second-order valence-corrected chi connectivity index (χ2v) is 5.42. The molecule has 0 amide bonds. The van der Waals surface area contributed by atoms with Crippen molar-refractivity contribution in [1.82, 2.24) is 0 Å². The predicted molar refractivity (Wildman–Crippen MR) is 93.8 cm³/mol. The molecule has 0 aliphatic heterocycles. The molecule has 0 atom stereocenters. The lowest BCUT2D eigenvalue weighted by atomic mass is 10.2. The fourth-order valence-corrected chi connectivity index (χ4v) is 2.27. The Kier molecular flexibility index (Phi) is 6.20. The Hall–Kier alpha value is -2.61. The Labute approximate surface area is 153 Å². The molecular weight excluding hydrogens is 373 g/mol. The summed E-state index contributed by atoms with van der Waals surface area (Å²) >= 11 is 5.92. The summed E-state index contributed by atoms with van der Waals surface area (Å²) in [6.07, 6.45) is -3.12. The average Bonchev–Trinajstić information content (AvgIpc) is 2.61. The second-order valence-electron chi connectivity index (χ2n) is 5.01. The number of methoxy groups -OCH3 is 3. The predicted octanol–water partition coefficient (Wildman–Crippen LogP) is 4.83. The lowest BCUT2D eigenvalue weighted by Gasteiger charge is -2.12. The van der Waals surface area contributed by atoms with Gasteiger partial charge in [0.25, 0.3) is 0 Å². The quantitative estimate of drug-likeness (QED) is 0.569. The van der Waals surface area contributed by atoms with Crippen molar-refractivity contribution < 1.29 is 27.4 Å². The van der Waals surface area contributed by atoms with Gasteiger partial charge in [-0.2, -0.15) is 18.3 Å². The van der Waals surface area contributed by atoms with Crippen LogP contribution < -0.4 is 19.6 Å². The van der Waals surface area contributed by atoms with Crippen LogP contribution in [0.4, 0.5) is 18.9 Å². The zero-order chi connectivity index (χ0) is 19.3. The summed E-state index contributed by atoms with van der Waals surface area (Å²) in [5.74, 6) is 1.36. The molecule has 0 heterocycles. The number of ether oxygens (including phenoxy) is 3. The molecule has 2 aromatic rings. The number of benzene rings is 2. The maximum Gasteiger partial charge on any atom is 0.416 e. The Morgan fingerprint density at radius 3 is 2.12 bits per heavy atom. The van der Waals surface area contributed by atoms with Crippen molar-refractivity contribution in [2.45, 2.75) is 6.18 Å². The first-order valence-electron chi connectivity index (χ1n) is 7.26. The number of halogens is 4. The van der Waals surface area contributed by atoms with E-state index in [4.69, 9.17) is 25.8 Å². The van der Waals surface area contributed by atoms with E-state index in [9.17, 15) is 13.2 Å². The van der Waals surface area contributed by atoms with Gasteiger partial charge in [-0.3, -0.25) is 5.43 Å². The summed E-state index contributed by atoms with van der Waals surface area (Å²) in [7, 11) is 4.42. The van der Waals surface area contributed by atoms with Crippen molar-refractivity contribution in [1.29, 1.82) is 0 Å². The molecule has 5 nitrogen and oxygen atoms in total. The molecule has 2 rings (SSSR count). The van der Waals surface area contributed by atoms with E-state index >= 15 is 0 Å². The summed E-state index contributed by atoms with van der Waals surface area (Å²) in [6, 6.07) is 6.17. The van der Waals surface area contributed by atoms with E-state index in [-0.39, 0.29) is 10.7 Å². The first-order chi connectivity index (χ1) is 12.3. The number of hydrogen-bond donors (Lipinski definition) is 1. The molecule has 0 bridgehead atoms. The molecule has 0 spiro atoms. The van der Waals surface area contributed by atoms with Crippen LogP contribution in [-0.4, -0.2) is 27.5 Å². The Balaban J connectivity index is 2.32. The van der Waals surface area contributed by atoms with Gasteiger partial charge in [-0.05, 0) is 18.2 Å². The summed E-state index contributed by atoms with van der Waals surface area (Å²) < 4.78 is 54.1. The monoisotopic (exact) mass is 388 g/mol. The van der Waals surface area contributed by atoms with Gasteiger partial charge in [-0.15, -0.1) is 0 Å². The van der Waals surface area contributed by atoms with Gasteiger partial charge in [0.15, 0.2) is 0 Å². The van der Waals surface area contributed by atoms with Crippen LogP contribution in [0.15, 0.2) is 35.4 Å². The largest absolute Gasteiger partial charge is 0.496 e. The van der Waals surface area contributed by atoms with Gasteiger partial charge >= 0.3 is 6.18 Å². The molecule has 140 valence electrons. The zero-order valence-electron chi connectivity index (χ0n) is 14.1. The standard InChI is InChI=1S/C17H16ClF3N2O3/c1-24-11-7-15(25-2)12(16(8-11)26-3)9-22-23-14-6-10(17(19,20)21)4-5-13(14)18/h4-9,23H,1-3H3/b22-9+. The number of hydrazone groups is 1. The molecule has 26 heavy (non-hydrogen) atoms. The number of alkyl halides is 3. The molecule has 2 aromatic carbocycles. The molecule has 0 aliphatic rings. The van der Waals surface area contributed by atoms with Crippen LogP contribution in [0.1, 0.15) is 11.1 Å². The molecule has 9 heteroatoms. The minimum Gasteiger partial charge on any atom is -0.496 e. The van der Waals surface area contributed by atoms with E-state index in [0.29, 0.717) is 22.8 Å². The molecule has 0 radical (unpaired) electrons. The third-order valence-electron chi connectivity index (χ3n) is 3.43. The van der Waals surface area contributed by atoms with Gasteiger partial charge in [-0.25, -0.2) is 0 Å². The van der Waals surface area contributed by atoms with Crippen molar-refractivity contribution >= 4 is 23.5 Å². The number of rotatable bonds is 6. The zero-order valence-corrected chi connectivity index (χ0v) is 14.9. The highest BCUT2D eigenvalue weighted by atomic mass is 35.5. The average molecular weight is 389 g/mol. The topological polar surface area (TPSA) is 52.1 Å². The van der Waals surface area contributed by atoms with E-state index in [2.05, 4.69) is 10.5 Å². The van der Waals surface area contributed by atoms with E-state index in [1.165, 1.54) is 27.5 Å². The normalized spacial score (nSPS) is 11.5. The van der Waals surface area contributed by atoms with Crippen LogP contribution in [0.5, 0.6) is 17.2 Å². The summed E-state index contributed by atoms with van der Waals surface area (Å²) in [4.78, 5) is 0. The number of anilines is 1. The highest BCUT2D eigenvalue weighted by Gasteiger charge is 2.30. The second kappa shape index (κ2) is 8.18. The van der Waals surface area contributed by atoms with Gasteiger partial charge in [0.1, 0.15) is 17.2 Å². The molecule has 0 aliphatic carbocycles. The van der Waals surface area contributed by atoms with Crippen LogP contribution in [0.2, 0.25) is 5.02 Å². The van der Waals surface area contributed by atoms with Crippen LogP contribution >= 0.6 is 11.6 Å². The summed E-state index contributed by atoms with van der Waals surface area (Å²) in [6.45, 7) is 0. The highest BCUT2D eigenvalue weighted by molar-refractivity contribution is 6.33. The van der Waals surface area contributed by atoms with Gasteiger partial charge < -0.3 is 14.2 Å². The van der Waals surface area contributed by atoms with Crippen LogP contribution in [0.3, 0.4) is 0 Å². The third-order valence-corrected chi connectivity index (χ3v) is 3.76. The first kappa shape index (κ1) is 19.7. The summed E-state index contributed by atoms with van der Waals surface area (Å²) in [5, 5.41) is 4.04. The van der Waals surface area contributed by atoms with E-state index < -0.39 is 11.7 Å². The minimum absolute atomic E-state index is 0.0178. The molecule has 1 N–H and O–H groups in total. The lowest BCUT2D eigenvalue weighted by Crippen LogP contribution is -2.05. The van der Waals surface area contributed by atoms with Crippen molar-refractivity contribution in [3.8, 4) is 17.2 Å². The lowest BCUT2D eigenvalue weighted by molar-refractivity contribution is -0.137. The van der Waals surface area contributed by atoms with Crippen molar-refractivity contribution in [3.63, 3.8) is 0 Å². The summed E-state index contributed by atoms with van der Waals surface area (Å²) in [5.41, 5.74) is 2.16. The van der Waals surface area contributed by atoms with Crippen molar-refractivity contribution in [3.05, 3.63) is 46.5 Å². The fraction of sp³-hybridized carbons (Fsp3) is 0.235. The molecule has 0 aromatic heterocycles. The molecule has 0 saturated heterocycles. The van der Waals surface area contributed by atoms with Crippen LogP contribution in [0, 0.1) is 0 Å². The first-order valence-corrected chi connectivity index (χ1v) is 7.63. The van der Waals surface area contributed by atoms with Gasteiger partial charge in [-0.1, -0.05) is 11.6 Å². The Morgan fingerprint density at radius 1 is 1.00 bits per heavy atom. The van der Waals surface area contributed by atoms with Crippen molar-refractivity contribution in [2.75, 3.05) is 26.8 Å². The van der Waals surface area contributed by atoms with E-state index in [0.717, 1.165) is 18.2 Å². The molecule has 0 saturated carbocycles. The highest BCUT2D eigenvalue weighted by Crippen LogP contribution is 2.35.